The molecule has 0 aromatic carbocycles. The fourth-order valence-corrected chi connectivity index (χ4v) is 2.18. The van der Waals surface area contributed by atoms with Crippen molar-refractivity contribution in [2.24, 2.45) is 17.0 Å². The molecule has 2 aliphatic heterocycles. The summed E-state index contributed by atoms with van der Waals surface area (Å²) < 4.78 is 0. The molecule has 62 valence electrons. The largest absolute Gasteiger partial charge is 0.399 e. The van der Waals surface area contributed by atoms with Crippen LogP contribution in [0, 0.1) is 11.8 Å². The van der Waals surface area contributed by atoms with Crippen molar-refractivity contribution in [2.75, 3.05) is 27.2 Å². The third-order valence-corrected chi connectivity index (χ3v) is 2.67. The summed E-state index contributed by atoms with van der Waals surface area (Å²) in [6, 6.07) is 0. The maximum Gasteiger partial charge on any atom is 0.106 e. The maximum atomic E-state index is 4.79. The van der Waals surface area contributed by atoms with Gasteiger partial charge in [0.2, 0.25) is 0 Å². The minimum Gasteiger partial charge on any atom is -0.399 e. The molecule has 0 spiro atoms. The standard InChI is InChI=1S/C8H14N2O/c1-10-4-6-3-7(5-10)8(6)9-11-2/h6-7H,3-5H2,1-2H3. The normalized spacial score (nSPS) is 36.4. The number of oxime groups is 1. The summed E-state index contributed by atoms with van der Waals surface area (Å²) in [5, 5.41) is 4.04. The Bertz CT molecular complexity index is 177. The average molecular weight is 154 g/mol. The molecule has 2 unspecified atom stereocenters. The summed E-state index contributed by atoms with van der Waals surface area (Å²) >= 11 is 0. The van der Waals surface area contributed by atoms with E-state index in [1.807, 2.05) is 0 Å². The van der Waals surface area contributed by atoms with Crippen LogP contribution in [-0.4, -0.2) is 37.9 Å². The first-order valence-electron chi connectivity index (χ1n) is 4.10. The quantitative estimate of drug-likeness (QED) is 0.516. The number of fused-ring (bicyclic) bond motifs is 2. The summed E-state index contributed by atoms with van der Waals surface area (Å²) in [6.45, 7) is 2.33. The van der Waals surface area contributed by atoms with Crippen molar-refractivity contribution in [3.05, 3.63) is 0 Å². The van der Waals surface area contributed by atoms with Gasteiger partial charge in [-0.1, -0.05) is 5.16 Å². The van der Waals surface area contributed by atoms with Gasteiger partial charge in [-0.05, 0) is 13.5 Å². The molecule has 1 aliphatic carbocycles. The van der Waals surface area contributed by atoms with Gasteiger partial charge in [-0.25, -0.2) is 0 Å². The zero-order valence-electron chi connectivity index (χ0n) is 7.08. The highest BCUT2D eigenvalue weighted by Crippen LogP contribution is 2.36. The Balaban J connectivity index is 2.04. The van der Waals surface area contributed by atoms with Crippen LogP contribution in [0.15, 0.2) is 5.16 Å². The summed E-state index contributed by atoms with van der Waals surface area (Å²) in [7, 11) is 3.80. The Labute approximate surface area is 67.0 Å². The molecule has 3 aliphatic rings. The molecule has 3 rings (SSSR count). The highest BCUT2D eigenvalue weighted by atomic mass is 16.6. The fraction of sp³-hybridized carbons (Fsp3) is 0.875. The predicted molar refractivity (Wildman–Crippen MR) is 43.5 cm³/mol. The summed E-state index contributed by atoms with van der Waals surface area (Å²) in [5.74, 6) is 1.39. The van der Waals surface area contributed by atoms with Gasteiger partial charge in [0.15, 0.2) is 0 Å². The molecule has 3 fully saturated rings. The van der Waals surface area contributed by atoms with Crippen LogP contribution in [0.3, 0.4) is 0 Å². The molecule has 0 radical (unpaired) electrons. The second kappa shape index (κ2) is 2.48. The van der Waals surface area contributed by atoms with E-state index in [0.29, 0.717) is 11.8 Å². The van der Waals surface area contributed by atoms with Gasteiger partial charge in [0.05, 0.1) is 5.71 Å². The third kappa shape index (κ3) is 1.03. The van der Waals surface area contributed by atoms with E-state index in [2.05, 4.69) is 17.1 Å². The summed E-state index contributed by atoms with van der Waals surface area (Å²) in [5.41, 5.74) is 1.30. The van der Waals surface area contributed by atoms with Gasteiger partial charge in [0.25, 0.3) is 0 Å². The molecule has 1 saturated carbocycles. The van der Waals surface area contributed by atoms with E-state index < -0.39 is 0 Å². The van der Waals surface area contributed by atoms with Gasteiger partial charge >= 0.3 is 0 Å². The van der Waals surface area contributed by atoms with Gasteiger partial charge < -0.3 is 9.74 Å². The topological polar surface area (TPSA) is 24.8 Å². The molecule has 3 nitrogen and oxygen atoms in total. The van der Waals surface area contributed by atoms with Crippen molar-refractivity contribution < 1.29 is 4.84 Å². The van der Waals surface area contributed by atoms with Gasteiger partial charge in [0.1, 0.15) is 7.11 Å². The molecular formula is C8H14N2O. The van der Waals surface area contributed by atoms with E-state index in [0.717, 1.165) is 0 Å². The third-order valence-electron chi connectivity index (χ3n) is 2.67. The molecule has 0 N–H and O–H groups in total. The molecule has 2 saturated heterocycles. The molecule has 2 bridgehead atoms. The van der Waals surface area contributed by atoms with Crippen LogP contribution in [0.25, 0.3) is 0 Å². The smallest absolute Gasteiger partial charge is 0.106 e. The van der Waals surface area contributed by atoms with E-state index in [-0.39, 0.29) is 0 Å². The maximum absolute atomic E-state index is 4.79. The monoisotopic (exact) mass is 154 g/mol. The van der Waals surface area contributed by atoms with Crippen LogP contribution >= 0.6 is 0 Å². The number of hydrogen-bond acceptors (Lipinski definition) is 3. The fourth-order valence-electron chi connectivity index (χ4n) is 2.18. The Kier molecular flexibility index (Phi) is 1.60. The van der Waals surface area contributed by atoms with Crippen LogP contribution in [0.1, 0.15) is 6.42 Å². The molecular weight excluding hydrogens is 140 g/mol. The lowest BCUT2D eigenvalue weighted by molar-refractivity contribution is 0.145. The van der Waals surface area contributed by atoms with Crippen molar-refractivity contribution in [3.8, 4) is 0 Å². The first kappa shape index (κ1) is 7.10. The lowest BCUT2D eigenvalue weighted by Crippen LogP contribution is -2.54. The first-order valence-corrected chi connectivity index (χ1v) is 4.10. The molecule has 2 heterocycles. The van der Waals surface area contributed by atoms with Gasteiger partial charge in [0, 0.05) is 24.9 Å². The molecule has 3 heteroatoms. The van der Waals surface area contributed by atoms with E-state index in [1.54, 1.807) is 7.11 Å². The van der Waals surface area contributed by atoms with Crippen LogP contribution in [-0.2, 0) is 4.84 Å². The van der Waals surface area contributed by atoms with Crippen molar-refractivity contribution in [1.29, 1.82) is 0 Å². The first-order chi connectivity index (χ1) is 5.31. The van der Waals surface area contributed by atoms with Crippen LogP contribution in [0.4, 0.5) is 0 Å². The van der Waals surface area contributed by atoms with Gasteiger partial charge in [-0.2, -0.15) is 0 Å². The molecule has 0 amide bonds. The van der Waals surface area contributed by atoms with Crippen molar-refractivity contribution in [2.45, 2.75) is 6.42 Å². The Morgan fingerprint density at radius 3 is 2.64 bits per heavy atom. The zero-order valence-corrected chi connectivity index (χ0v) is 7.08. The Hall–Kier alpha value is -0.570. The van der Waals surface area contributed by atoms with Crippen molar-refractivity contribution in [3.63, 3.8) is 0 Å². The average Bonchev–Trinajstić information content (AvgIpc) is 2.00. The van der Waals surface area contributed by atoms with Crippen molar-refractivity contribution >= 4 is 5.71 Å². The number of piperidine rings is 2. The number of rotatable bonds is 1. The van der Waals surface area contributed by atoms with E-state index in [4.69, 9.17) is 4.84 Å². The Morgan fingerprint density at radius 1 is 1.45 bits per heavy atom. The van der Waals surface area contributed by atoms with Crippen LogP contribution < -0.4 is 0 Å². The minimum absolute atomic E-state index is 0.693. The van der Waals surface area contributed by atoms with E-state index in [1.165, 1.54) is 25.2 Å². The lowest BCUT2D eigenvalue weighted by Gasteiger charge is -2.46. The van der Waals surface area contributed by atoms with Crippen LogP contribution in [0.2, 0.25) is 0 Å². The molecule has 2 atom stereocenters. The SMILES string of the molecule is CON=C1C2CC1CN(C)C2. The molecule has 11 heavy (non-hydrogen) atoms. The highest BCUT2D eigenvalue weighted by molar-refractivity contribution is 5.94. The van der Waals surface area contributed by atoms with Crippen molar-refractivity contribution in [1.82, 2.24) is 4.90 Å². The summed E-state index contributed by atoms with van der Waals surface area (Å²) in [4.78, 5) is 7.16. The van der Waals surface area contributed by atoms with Crippen LogP contribution in [0.5, 0.6) is 0 Å². The highest BCUT2D eigenvalue weighted by Gasteiger charge is 2.42. The summed E-state index contributed by atoms with van der Waals surface area (Å²) in [6.07, 6.45) is 1.33. The molecule has 0 aromatic rings. The van der Waals surface area contributed by atoms with Gasteiger partial charge in [-0.15, -0.1) is 0 Å². The molecule has 0 aromatic heterocycles. The second-order valence-corrected chi connectivity index (χ2v) is 3.55. The zero-order chi connectivity index (χ0) is 7.84. The lowest BCUT2D eigenvalue weighted by atomic mass is 9.69. The Morgan fingerprint density at radius 2 is 2.09 bits per heavy atom. The number of nitrogens with zero attached hydrogens (tertiary/aromatic N) is 2. The second-order valence-electron chi connectivity index (χ2n) is 3.55. The van der Waals surface area contributed by atoms with E-state index >= 15 is 0 Å². The minimum atomic E-state index is 0.693. The predicted octanol–water partition coefficient (Wildman–Crippen LogP) is 0.570. The van der Waals surface area contributed by atoms with E-state index in [9.17, 15) is 0 Å². The van der Waals surface area contributed by atoms with Gasteiger partial charge in [-0.3, -0.25) is 0 Å². The number of hydrogen-bond donors (Lipinski definition) is 0.